The first-order chi connectivity index (χ1) is 14.2. The van der Waals surface area contributed by atoms with Crippen LogP contribution in [-0.4, -0.2) is 37.0 Å². The molecule has 1 aliphatic rings. The maximum Gasteiger partial charge on any atom is 0.248 e. The Hall–Kier alpha value is -2.46. The van der Waals surface area contributed by atoms with Gasteiger partial charge in [-0.15, -0.1) is 10.2 Å². The molecule has 3 aromatic rings. The number of aromatic nitrogens is 5. The second-order valence-corrected chi connectivity index (χ2v) is 9.03. The second kappa shape index (κ2) is 7.99. The van der Waals surface area contributed by atoms with E-state index in [9.17, 15) is 13.6 Å². The highest BCUT2D eigenvalue weighted by atomic mass is 35.5. The number of hydrogen-bond acceptors (Lipinski definition) is 6. The molecule has 1 aliphatic carbocycles. The number of nitrogens with zero attached hydrogens (tertiary/aromatic N) is 5. The molecule has 1 saturated carbocycles. The van der Waals surface area contributed by atoms with Crippen molar-refractivity contribution in [1.82, 2.24) is 25.2 Å². The number of hydrogen-bond donors (Lipinski definition) is 1. The first kappa shape index (κ1) is 20.8. The van der Waals surface area contributed by atoms with Crippen molar-refractivity contribution in [3.8, 4) is 11.4 Å². The number of tetrazole rings is 1. The van der Waals surface area contributed by atoms with Gasteiger partial charge >= 0.3 is 0 Å². The number of carbonyl (C=O) groups is 1. The average molecular weight is 453 g/mol. The third-order valence-corrected chi connectivity index (χ3v) is 6.57. The van der Waals surface area contributed by atoms with Crippen molar-refractivity contribution in [1.29, 1.82) is 0 Å². The van der Waals surface area contributed by atoms with Crippen LogP contribution in [0.1, 0.15) is 36.4 Å². The number of carbonyl (C=O) groups excluding carboxylic acids is 1. The van der Waals surface area contributed by atoms with Crippen molar-refractivity contribution in [3.05, 3.63) is 39.9 Å². The van der Waals surface area contributed by atoms with E-state index in [-0.39, 0.29) is 25.2 Å². The van der Waals surface area contributed by atoms with Gasteiger partial charge in [0, 0.05) is 18.4 Å². The lowest BCUT2D eigenvalue weighted by atomic mass is 9.83. The van der Waals surface area contributed by atoms with Gasteiger partial charge < -0.3 is 5.32 Å². The Labute approximate surface area is 180 Å². The molecule has 1 N–H and O–H groups in total. The molecule has 0 radical (unpaired) electrons. The fourth-order valence-corrected chi connectivity index (χ4v) is 4.72. The number of thiazole rings is 1. The van der Waals surface area contributed by atoms with Crippen LogP contribution in [0.25, 0.3) is 11.4 Å². The molecule has 2 atom stereocenters. The zero-order chi connectivity index (χ0) is 21.5. The Morgan fingerprint density at radius 2 is 2.10 bits per heavy atom. The number of amides is 1. The summed E-state index contributed by atoms with van der Waals surface area (Å²) in [6.07, 6.45) is -0.266. The number of benzene rings is 1. The van der Waals surface area contributed by atoms with Crippen LogP contribution in [0.4, 0.5) is 13.9 Å². The number of alkyl halides is 2. The Morgan fingerprint density at radius 3 is 2.63 bits per heavy atom. The molecule has 4 rings (SSSR count). The molecule has 2 heterocycles. The molecule has 1 amide bonds. The number of aryl methyl sites for hydroxylation is 2. The molecule has 0 aliphatic heterocycles. The molecule has 0 saturated heterocycles. The van der Waals surface area contributed by atoms with Crippen LogP contribution >= 0.6 is 22.9 Å². The minimum atomic E-state index is -2.76. The van der Waals surface area contributed by atoms with Gasteiger partial charge in [-0.25, -0.2) is 13.8 Å². The van der Waals surface area contributed by atoms with Crippen LogP contribution in [0.5, 0.6) is 0 Å². The number of rotatable bonds is 5. The van der Waals surface area contributed by atoms with E-state index in [0.29, 0.717) is 26.5 Å². The topological polar surface area (TPSA) is 85.6 Å². The lowest BCUT2D eigenvalue weighted by Gasteiger charge is -2.23. The predicted molar refractivity (Wildman–Crippen MR) is 110 cm³/mol. The molecule has 0 spiro atoms. The Bertz CT molecular complexity index is 1050. The van der Waals surface area contributed by atoms with Gasteiger partial charge in [0.25, 0.3) is 0 Å². The summed E-state index contributed by atoms with van der Waals surface area (Å²) in [6, 6.07) is 7.05. The second-order valence-electron chi connectivity index (χ2n) is 7.43. The van der Waals surface area contributed by atoms with Gasteiger partial charge in [0.15, 0.2) is 5.13 Å². The normalized spacial score (nSPS) is 19.0. The number of halogens is 3. The van der Waals surface area contributed by atoms with E-state index in [4.69, 9.17) is 11.6 Å². The zero-order valence-corrected chi connectivity index (χ0v) is 17.8. The predicted octanol–water partition coefficient (Wildman–Crippen LogP) is 4.45. The summed E-state index contributed by atoms with van der Waals surface area (Å²) >= 11 is 7.19. The highest BCUT2D eigenvalue weighted by Crippen LogP contribution is 2.46. The van der Waals surface area contributed by atoms with Crippen molar-refractivity contribution >= 4 is 34.0 Å². The minimum absolute atomic E-state index is 0.217. The molecule has 1 fully saturated rings. The lowest BCUT2D eigenvalue weighted by molar-refractivity contribution is -0.118. The van der Waals surface area contributed by atoms with Crippen LogP contribution in [0.2, 0.25) is 4.34 Å². The summed E-state index contributed by atoms with van der Waals surface area (Å²) < 4.78 is 28.3. The fourth-order valence-electron chi connectivity index (χ4n) is 3.76. The molecular weight excluding hydrogens is 434 g/mol. The third kappa shape index (κ3) is 4.34. The first-order valence-electron chi connectivity index (χ1n) is 9.38. The van der Waals surface area contributed by atoms with Crippen LogP contribution in [0, 0.1) is 12.8 Å². The van der Waals surface area contributed by atoms with E-state index in [1.807, 2.05) is 0 Å². The maximum atomic E-state index is 13.9. The van der Waals surface area contributed by atoms with Gasteiger partial charge in [0.2, 0.25) is 17.7 Å². The van der Waals surface area contributed by atoms with Crippen LogP contribution in [-0.2, 0) is 11.8 Å². The monoisotopic (exact) mass is 452 g/mol. The van der Waals surface area contributed by atoms with E-state index in [0.717, 1.165) is 16.9 Å². The van der Waals surface area contributed by atoms with Crippen molar-refractivity contribution in [2.45, 2.75) is 38.0 Å². The molecule has 30 heavy (non-hydrogen) atoms. The van der Waals surface area contributed by atoms with E-state index >= 15 is 0 Å². The molecule has 1 aromatic carbocycles. The highest BCUT2D eigenvalue weighted by molar-refractivity contribution is 7.19. The molecule has 0 unspecified atom stereocenters. The van der Waals surface area contributed by atoms with Gasteiger partial charge in [0.1, 0.15) is 4.34 Å². The fraction of sp³-hybridized carbons (Fsp3) is 0.421. The zero-order valence-electron chi connectivity index (χ0n) is 16.3. The van der Waals surface area contributed by atoms with Crippen LogP contribution in [0.15, 0.2) is 24.3 Å². The maximum absolute atomic E-state index is 13.9. The first-order valence-corrected chi connectivity index (χ1v) is 10.6. The number of anilines is 1. The van der Waals surface area contributed by atoms with Gasteiger partial charge in [-0.2, -0.15) is 4.80 Å². The number of nitrogens with one attached hydrogen (secondary N) is 1. The molecule has 158 valence electrons. The minimum Gasteiger partial charge on any atom is -0.301 e. The summed E-state index contributed by atoms with van der Waals surface area (Å²) in [6.45, 7) is 1.74. The SMILES string of the molecule is Cc1nc(NC(=O)[C@@H](c2ccc(-c3nnn(C)n3)cc2)[C@@H]2CCC(F)(F)C2)sc1Cl. The van der Waals surface area contributed by atoms with Gasteiger partial charge in [-0.3, -0.25) is 4.79 Å². The molecule has 2 aromatic heterocycles. The van der Waals surface area contributed by atoms with E-state index in [1.54, 1.807) is 38.2 Å². The molecule has 0 bridgehead atoms. The highest BCUT2D eigenvalue weighted by Gasteiger charge is 2.45. The van der Waals surface area contributed by atoms with E-state index in [1.165, 1.54) is 4.80 Å². The van der Waals surface area contributed by atoms with Crippen molar-refractivity contribution in [2.24, 2.45) is 13.0 Å². The third-order valence-electron chi connectivity index (χ3n) is 5.20. The summed E-state index contributed by atoms with van der Waals surface area (Å²) in [5.41, 5.74) is 1.99. The lowest BCUT2D eigenvalue weighted by Crippen LogP contribution is -2.27. The summed E-state index contributed by atoms with van der Waals surface area (Å²) in [7, 11) is 1.66. The van der Waals surface area contributed by atoms with Gasteiger partial charge in [-0.05, 0) is 30.0 Å². The summed E-state index contributed by atoms with van der Waals surface area (Å²) in [5.74, 6) is -3.88. The van der Waals surface area contributed by atoms with Crippen molar-refractivity contribution < 1.29 is 13.6 Å². The van der Waals surface area contributed by atoms with Crippen LogP contribution in [0.3, 0.4) is 0 Å². The smallest absolute Gasteiger partial charge is 0.248 e. The van der Waals surface area contributed by atoms with E-state index < -0.39 is 17.8 Å². The Balaban J connectivity index is 1.62. The Morgan fingerprint density at radius 1 is 1.37 bits per heavy atom. The van der Waals surface area contributed by atoms with Crippen molar-refractivity contribution in [2.75, 3.05) is 5.32 Å². The summed E-state index contributed by atoms with van der Waals surface area (Å²) in [5, 5.41) is 15.0. The Kier molecular flexibility index (Phi) is 5.54. The van der Waals surface area contributed by atoms with Crippen molar-refractivity contribution in [3.63, 3.8) is 0 Å². The molecule has 11 heteroatoms. The summed E-state index contributed by atoms with van der Waals surface area (Å²) in [4.78, 5) is 18.7. The average Bonchev–Trinajstić information content (AvgIpc) is 3.35. The standard InChI is InChI=1S/C19H19ClF2N6OS/c1-10-15(20)30-18(23-10)24-17(29)14(13-7-8-19(21,22)9-13)11-3-5-12(6-4-11)16-25-27-28(2)26-16/h3-6,13-14H,7-9H2,1-2H3,(H,23,24,29)/t13-,14+/m1/s1. The van der Waals surface area contributed by atoms with Gasteiger partial charge in [-0.1, -0.05) is 47.2 Å². The molecule has 7 nitrogen and oxygen atoms in total. The quantitative estimate of drug-likeness (QED) is 0.618. The van der Waals surface area contributed by atoms with Crippen LogP contribution < -0.4 is 5.32 Å². The van der Waals surface area contributed by atoms with E-state index in [2.05, 4.69) is 25.7 Å². The largest absolute Gasteiger partial charge is 0.301 e. The van der Waals surface area contributed by atoms with Gasteiger partial charge in [0.05, 0.1) is 18.7 Å². The molecular formula is C19H19ClF2N6OS.